The molecular weight excluding hydrogens is 334 g/mol. The SMILES string of the molecule is CC(=O)c1cccc(NC(=O)N2CCC[C@@H]2C(=O)NC[C@H]2CCCO2)c1. The number of nitrogens with zero attached hydrogens (tertiary/aromatic N) is 1. The van der Waals surface area contributed by atoms with Gasteiger partial charge in [-0.3, -0.25) is 9.59 Å². The zero-order valence-corrected chi connectivity index (χ0v) is 15.0. The van der Waals surface area contributed by atoms with Crippen molar-refractivity contribution in [1.82, 2.24) is 10.2 Å². The van der Waals surface area contributed by atoms with Crippen LogP contribution in [0.5, 0.6) is 0 Å². The molecule has 1 aromatic carbocycles. The molecule has 7 nitrogen and oxygen atoms in total. The number of hydrogen-bond acceptors (Lipinski definition) is 4. The maximum Gasteiger partial charge on any atom is 0.322 e. The first-order chi connectivity index (χ1) is 12.5. The number of ketones is 1. The molecule has 0 radical (unpaired) electrons. The van der Waals surface area contributed by atoms with Gasteiger partial charge in [0.2, 0.25) is 5.91 Å². The molecule has 2 aliphatic heterocycles. The number of benzene rings is 1. The summed E-state index contributed by atoms with van der Waals surface area (Å²) >= 11 is 0. The monoisotopic (exact) mass is 359 g/mol. The van der Waals surface area contributed by atoms with E-state index in [9.17, 15) is 14.4 Å². The van der Waals surface area contributed by atoms with Crippen LogP contribution in [0.2, 0.25) is 0 Å². The van der Waals surface area contributed by atoms with E-state index in [0.29, 0.717) is 30.8 Å². The minimum absolute atomic E-state index is 0.0614. The van der Waals surface area contributed by atoms with Gasteiger partial charge in [0.15, 0.2) is 5.78 Å². The Balaban J connectivity index is 1.58. The number of carbonyl (C=O) groups excluding carboxylic acids is 3. The Morgan fingerprint density at radius 1 is 1.23 bits per heavy atom. The van der Waals surface area contributed by atoms with E-state index < -0.39 is 6.04 Å². The van der Waals surface area contributed by atoms with E-state index >= 15 is 0 Å². The number of anilines is 1. The Labute approximate surface area is 153 Å². The predicted molar refractivity (Wildman–Crippen MR) is 97.2 cm³/mol. The van der Waals surface area contributed by atoms with Gasteiger partial charge in [-0.05, 0) is 44.7 Å². The quantitative estimate of drug-likeness (QED) is 0.789. The van der Waals surface area contributed by atoms with Crippen LogP contribution in [0.1, 0.15) is 43.0 Å². The van der Waals surface area contributed by atoms with Gasteiger partial charge >= 0.3 is 6.03 Å². The molecule has 1 aromatic rings. The summed E-state index contributed by atoms with van der Waals surface area (Å²) in [5, 5.41) is 5.70. The van der Waals surface area contributed by atoms with Crippen LogP contribution >= 0.6 is 0 Å². The molecule has 2 fully saturated rings. The fraction of sp³-hybridized carbons (Fsp3) is 0.526. The number of hydrogen-bond donors (Lipinski definition) is 2. The molecule has 2 N–H and O–H groups in total. The summed E-state index contributed by atoms with van der Waals surface area (Å²) < 4.78 is 5.51. The summed E-state index contributed by atoms with van der Waals surface area (Å²) in [5.41, 5.74) is 1.09. The number of rotatable bonds is 5. The van der Waals surface area contributed by atoms with Crippen LogP contribution in [0.3, 0.4) is 0 Å². The van der Waals surface area contributed by atoms with Crippen molar-refractivity contribution < 1.29 is 19.1 Å². The largest absolute Gasteiger partial charge is 0.376 e. The second kappa shape index (κ2) is 8.31. The highest BCUT2D eigenvalue weighted by Crippen LogP contribution is 2.20. The Morgan fingerprint density at radius 3 is 2.81 bits per heavy atom. The highest BCUT2D eigenvalue weighted by atomic mass is 16.5. The van der Waals surface area contributed by atoms with E-state index in [0.717, 1.165) is 25.9 Å². The zero-order chi connectivity index (χ0) is 18.5. The molecule has 3 rings (SSSR count). The molecule has 2 saturated heterocycles. The molecule has 26 heavy (non-hydrogen) atoms. The smallest absolute Gasteiger partial charge is 0.322 e. The number of Topliss-reactive ketones (excluding diaryl/α,β-unsaturated/α-hetero) is 1. The van der Waals surface area contributed by atoms with Gasteiger partial charge in [-0.2, -0.15) is 0 Å². The van der Waals surface area contributed by atoms with Gasteiger partial charge in [-0.15, -0.1) is 0 Å². The molecule has 7 heteroatoms. The Kier molecular flexibility index (Phi) is 5.88. The minimum Gasteiger partial charge on any atom is -0.376 e. The van der Waals surface area contributed by atoms with Crippen molar-refractivity contribution >= 4 is 23.4 Å². The maximum atomic E-state index is 12.6. The fourth-order valence-electron chi connectivity index (χ4n) is 3.43. The lowest BCUT2D eigenvalue weighted by molar-refractivity contribution is -0.125. The molecule has 2 atom stereocenters. The average Bonchev–Trinajstić information content (AvgIpc) is 3.31. The highest BCUT2D eigenvalue weighted by molar-refractivity contribution is 5.97. The summed E-state index contributed by atoms with van der Waals surface area (Å²) in [5.74, 6) is -0.195. The number of nitrogens with one attached hydrogen (secondary N) is 2. The molecular formula is C19H25N3O4. The van der Waals surface area contributed by atoms with E-state index in [-0.39, 0.29) is 23.8 Å². The molecule has 0 aliphatic carbocycles. The van der Waals surface area contributed by atoms with Gasteiger partial charge in [0.05, 0.1) is 6.10 Å². The topological polar surface area (TPSA) is 87.7 Å². The first-order valence-corrected chi connectivity index (χ1v) is 9.12. The maximum absolute atomic E-state index is 12.6. The van der Waals surface area contributed by atoms with Gasteiger partial charge in [0, 0.05) is 30.9 Å². The standard InChI is InChI=1S/C19H25N3O4/c1-13(23)14-5-2-6-15(11-14)21-19(25)22-9-3-8-17(22)18(24)20-12-16-7-4-10-26-16/h2,5-6,11,16-17H,3-4,7-10,12H2,1H3,(H,20,24)(H,21,25)/t16-,17-/m1/s1. The normalized spacial score (nSPS) is 22.3. The van der Waals surface area contributed by atoms with E-state index in [1.54, 1.807) is 29.2 Å². The predicted octanol–water partition coefficient (Wildman–Crippen LogP) is 2.18. The van der Waals surface area contributed by atoms with E-state index in [1.807, 2.05) is 0 Å². The minimum atomic E-state index is -0.465. The Hall–Kier alpha value is -2.41. The van der Waals surface area contributed by atoms with Gasteiger partial charge in [0.1, 0.15) is 6.04 Å². The van der Waals surface area contributed by atoms with Crippen molar-refractivity contribution in [2.45, 2.75) is 44.8 Å². The van der Waals surface area contributed by atoms with Gasteiger partial charge in [-0.25, -0.2) is 4.79 Å². The third-order valence-electron chi connectivity index (χ3n) is 4.86. The van der Waals surface area contributed by atoms with Crippen molar-refractivity contribution in [3.05, 3.63) is 29.8 Å². The van der Waals surface area contributed by atoms with Crippen LogP contribution < -0.4 is 10.6 Å². The zero-order valence-electron chi connectivity index (χ0n) is 15.0. The first kappa shape index (κ1) is 18.4. The first-order valence-electron chi connectivity index (χ1n) is 9.12. The molecule has 0 spiro atoms. The number of carbonyl (C=O) groups is 3. The fourth-order valence-corrected chi connectivity index (χ4v) is 3.43. The van der Waals surface area contributed by atoms with Crippen LogP contribution in [0.4, 0.5) is 10.5 Å². The molecule has 140 valence electrons. The van der Waals surface area contributed by atoms with Crippen molar-refractivity contribution in [2.24, 2.45) is 0 Å². The highest BCUT2D eigenvalue weighted by Gasteiger charge is 2.34. The Bertz CT molecular complexity index is 685. The summed E-state index contributed by atoms with van der Waals surface area (Å²) in [6.07, 6.45) is 3.51. The van der Waals surface area contributed by atoms with Crippen molar-refractivity contribution in [3.8, 4) is 0 Å². The lowest BCUT2D eigenvalue weighted by Gasteiger charge is -2.25. The summed E-state index contributed by atoms with van der Waals surface area (Å²) in [7, 11) is 0. The molecule has 0 aromatic heterocycles. The third kappa shape index (κ3) is 4.40. The van der Waals surface area contributed by atoms with Crippen LogP contribution in [-0.2, 0) is 9.53 Å². The van der Waals surface area contributed by atoms with E-state index in [1.165, 1.54) is 6.92 Å². The summed E-state index contributed by atoms with van der Waals surface area (Å²) in [6, 6.07) is 6.01. The lowest BCUT2D eigenvalue weighted by atomic mass is 10.1. The second-order valence-electron chi connectivity index (χ2n) is 6.80. The molecule has 0 bridgehead atoms. The van der Waals surface area contributed by atoms with Crippen LogP contribution in [-0.4, -0.2) is 54.5 Å². The van der Waals surface area contributed by atoms with Crippen LogP contribution in [0.25, 0.3) is 0 Å². The van der Waals surface area contributed by atoms with Crippen LogP contribution in [0, 0.1) is 0 Å². The van der Waals surface area contributed by atoms with Crippen molar-refractivity contribution in [3.63, 3.8) is 0 Å². The summed E-state index contributed by atoms with van der Waals surface area (Å²) in [6.45, 7) is 3.26. The van der Waals surface area contributed by atoms with E-state index in [2.05, 4.69) is 10.6 Å². The van der Waals surface area contributed by atoms with Gasteiger partial charge in [-0.1, -0.05) is 12.1 Å². The lowest BCUT2D eigenvalue weighted by Crippen LogP contribution is -2.48. The van der Waals surface area contributed by atoms with Gasteiger partial charge < -0.3 is 20.3 Å². The molecule has 2 heterocycles. The second-order valence-corrected chi connectivity index (χ2v) is 6.80. The van der Waals surface area contributed by atoms with Crippen LogP contribution in [0.15, 0.2) is 24.3 Å². The third-order valence-corrected chi connectivity index (χ3v) is 4.86. The number of ether oxygens (including phenoxy) is 1. The van der Waals surface area contributed by atoms with Gasteiger partial charge in [0.25, 0.3) is 0 Å². The van der Waals surface area contributed by atoms with Crippen molar-refractivity contribution in [2.75, 3.05) is 25.0 Å². The average molecular weight is 359 g/mol. The number of amides is 3. The van der Waals surface area contributed by atoms with E-state index in [4.69, 9.17) is 4.74 Å². The summed E-state index contributed by atoms with van der Waals surface area (Å²) in [4.78, 5) is 38.1. The molecule has 2 aliphatic rings. The number of likely N-dealkylation sites (tertiary alicyclic amines) is 1. The Morgan fingerprint density at radius 2 is 2.08 bits per heavy atom. The number of urea groups is 1. The van der Waals surface area contributed by atoms with Crippen molar-refractivity contribution in [1.29, 1.82) is 0 Å². The molecule has 0 saturated carbocycles. The molecule has 3 amide bonds. The molecule has 0 unspecified atom stereocenters.